The van der Waals surface area contributed by atoms with Gasteiger partial charge in [-0.15, -0.1) is 0 Å². The third-order valence-corrected chi connectivity index (χ3v) is 5.80. The van der Waals surface area contributed by atoms with Crippen LogP contribution in [0.5, 0.6) is 0 Å². The molecule has 0 bridgehead atoms. The van der Waals surface area contributed by atoms with Gasteiger partial charge in [-0.25, -0.2) is 12.8 Å². The second kappa shape index (κ2) is 8.08. The summed E-state index contributed by atoms with van der Waals surface area (Å²) in [5, 5.41) is 2.80. The summed E-state index contributed by atoms with van der Waals surface area (Å²) in [4.78, 5) is 12.7. The van der Waals surface area contributed by atoms with E-state index in [0.29, 0.717) is 5.69 Å². The predicted octanol–water partition coefficient (Wildman–Crippen LogP) is 3.47. The predicted molar refractivity (Wildman–Crippen MR) is 106 cm³/mol. The van der Waals surface area contributed by atoms with Gasteiger partial charge in [0, 0.05) is 0 Å². The SMILES string of the molecule is Cc1ccc(N(C(C)C(=O)NC(C)c2ccc(F)cc2)S(C)(=O)=O)cc1C. The summed E-state index contributed by atoms with van der Waals surface area (Å²) in [6.45, 7) is 7.13. The molecule has 1 N–H and O–H groups in total. The minimum Gasteiger partial charge on any atom is -0.348 e. The van der Waals surface area contributed by atoms with Gasteiger partial charge in [0.25, 0.3) is 0 Å². The fourth-order valence-electron chi connectivity index (χ4n) is 2.84. The molecule has 2 unspecified atom stereocenters. The fourth-order valence-corrected chi connectivity index (χ4v) is 4.01. The van der Waals surface area contributed by atoms with Gasteiger partial charge < -0.3 is 5.32 Å². The van der Waals surface area contributed by atoms with Gasteiger partial charge in [-0.3, -0.25) is 9.10 Å². The number of benzene rings is 2. The van der Waals surface area contributed by atoms with Gasteiger partial charge in [0.2, 0.25) is 15.9 Å². The maximum absolute atomic E-state index is 13.1. The van der Waals surface area contributed by atoms with E-state index in [0.717, 1.165) is 27.3 Å². The maximum Gasteiger partial charge on any atom is 0.244 e. The summed E-state index contributed by atoms with van der Waals surface area (Å²) in [6.07, 6.45) is 1.08. The van der Waals surface area contributed by atoms with E-state index in [4.69, 9.17) is 0 Å². The lowest BCUT2D eigenvalue weighted by Gasteiger charge is -2.29. The highest BCUT2D eigenvalue weighted by Gasteiger charge is 2.30. The Hall–Kier alpha value is -2.41. The van der Waals surface area contributed by atoms with Crippen LogP contribution in [0.4, 0.5) is 10.1 Å². The first-order valence-corrected chi connectivity index (χ1v) is 10.5. The standard InChI is InChI=1S/C20H25FN2O3S/c1-13-6-11-19(12-14(13)2)23(27(5,25)26)16(4)20(24)22-15(3)17-7-9-18(21)10-8-17/h6-12,15-16H,1-5H3,(H,22,24). The summed E-state index contributed by atoms with van der Waals surface area (Å²) < 4.78 is 38.9. The van der Waals surface area contributed by atoms with Crippen molar-refractivity contribution in [3.05, 3.63) is 65.0 Å². The summed E-state index contributed by atoms with van der Waals surface area (Å²) in [7, 11) is -3.67. The number of hydrogen-bond acceptors (Lipinski definition) is 3. The number of carbonyl (C=O) groups is 1. The third-order valence-electron chi connectivity index (χ3n) is 4.56. The molecule has 0 radical (unpaired) electrons. The molecule has 0 spiro atoms. The number of halogens is 1. The van der Waals surface area contributed by atoms with E-state index in [1.54, 1.807) is 38.1 Å². The number of anilines is 1. The molecule has 146 valence electrons. The molecule has 1 amide bonds. The van der Waals surface area contributed by atoms with Crippen molar-refractivity contribution in [3.63, 3.8) is 0 Å². The van der Waals surface area contributed by atoms with Crippen molar-refractivity contribution < 1.29 is 17.6 Å². The monoisotopic (exact) mass is 392 g/mol. The Kier molecular flexibility index (Phi) is 6.26. The third kappa shape index (κ3) is 5.07. The first-order valence-electron chi connectivity index (χ1n) is 8.63. The molecule has 2 aromatic rings. The molecule has 0 aliphatic rings. The van der Waals surface area contributed by atoms with Gasteiger partial charge in [-0.05, 0) is 68.7 Å². The van der Waals surface area contributed by atoms with E-state index < -0.39 is 22.0 Å². The molecule has 2 atom stereocenters. The van der Waals surface area contributed by atoms with Crippen molar-refractivity contribution in [2.45, 2.75) is 39.8 Å². The highest BCUT2D eigenvalue weighted by molar-refractivity contribution is 7.92. The number of amides is 1. The van der Waals surface area contributed by atoms with Crippen molar-refractivity contribution >= 4 is 21.6 Å². The minimum atomic E-state index is -3.67. The van der Waals surface area contributed by atoms with Crippen LogP contribution in [0, 0.1) is 19.7 Å². The van der Waals surface area contributed by atoms with Crippen molar-refractivity contribution in [2.24, 2.45) is 0 Å². The lowest BCUT2D eigenvalue weighted by molar-refractivity contribution is -0.122. The molecule has 27 heavy (non-hydrogen) atoms. The van der Waals surface area contributed by atoms with Gasteiger partial charge in [0.1, 0.15) is 11.9 Å². The van der Waals surface area contributed by atoms with Gasteiger partial charge >= 0.3 is 0 Å². The molecule has 2 aromatic carbocycles. The lowest BCUT2D eigenvalue weighted by Crippen LogP contribution is -2.48. The second-order valence-corrected chi connectivity index (χ2v) is 8.64. The smallest absolute Gasteiger partial charge is 0.244 e. The van der Waals surface area contributed by atoms with Crippen LogP contribution in [0.3, 0.4) is 0 Å². The fraction of sp³-hybridized carbons (Fsp3) is 0.350. The maximum atomic E-state index is 13.1. The second-order valence-electron chi connectivity index (χ2n) is 6.79. The highest BCUT2D eigenvalue weighted by Crippen LogP contribution is 2.24. The number of hydrogen-bond donors (Lipinski definition) is 1. The van der Waals surface area contributed by atoms with Crippen molar-refractivity contribution in [1.29, 1.82) is 0 Å². The Bertz CT molecular complexity index is 927. The molecular formula is C20H25FN2O3S. The van der Waals surface area contributed by atoms with Crippen LogP contribution in [-0.2, 0) is 14.8 Å². The summed E-state index contributed by atoms with van der Waals surface area (Å²) in [5.41, 5.74) is 3.15. The van der Waals surface area contributed by atoms with Crippen LogP contribution >= 0.6 is 0 Å². The Balaban J connectivity index is 2.26. The van der Waals surface area contributed by atoms with E-state index in [1.807, 2.05) is 19.9 Å². The van der Waals surface area contributed by atoms with E-state index in [2.05, 4.69) is 5.32 Å². The molecule has 0 fully saturated rings. The zero-order valence-electron chi connectivity index (χ0n) is 16.2. The first-order chi connectivity index (χ1) is 12.5. The minimum absolute atomic E-state index is 0.358. The number of carbonyl (C=O) groups excluding carboxylic acids is 1. The molecule has 2 rings (SSSR count). The van der Waals surface area contributed by atoms with Crippen LogP contribution in [0.2, 0.25) is 0 Å². The van der Waals surface area contributed by atoms with Crippen LogP contribution in [-0.4, -0.2) is 26.6 Å². The molecule has 5 nitrogen and oxygen atoms in total. The molecule has 0 aliphatic heterocycles. The normalized spacial score (nSPS) is 13.7. The quantitative estimate of drug-likeness (QED) is 0.819. The number of aryl methyl sites for hydroxylation is 2. The van der Waals surface area contributed by atoms with E-state index in [9.17, 15) is 17.6 Å². The average molecular weight is 392 g/mol. The molecular weight excluding hydrogens is 367 g/mol. The van der Waals surface area contributed by atoms with E-state index in [-0.39, 0.29) is 11.9 Å². The van der Waals surface area contributed by atoms with Crippen LogP contribution in [0.25, 0.3) is 0 Å². The van der Waals surface area contributed by atoms with Crippen LogP contribution in [0.1, 0.15) is 36.6 Å². The molecule has 0 aliphatic carbocycles. The Morgan fingerprint density at radius 3 is 2.15 bits per heavy atom. The average Bonchev–Trinajstić information content (AvgIpc) is 2.57. The van der Waals surface area contributed by atoms with E-state index >= 15 is 0 Å². The highest BCUT2D eigenvalue weighted by atomic mass is 32.2. The zero-order chi connectivity index (χ0) is 20.4. The van der Waals surface area contributed by atoms with Gasteiger partial charge in [0.05, 0.1) is 18.0 Å². The van der Waals surface area contributed by atoms with Crippen molar-refractivity contribution in [3.8, 4) is 0 Å². The van der Waals surface area contributed by atoms with Gasteiger partial charge in [-0.2, -0.15) is 0 Å². The largest absolute Gasteiger partial charge is 0.348 e. The molecule has 0 saturated carbocycles. The van der Waals surface area contributed by atoms with Crippen LogP contribution < -0.4 is 9.62 Å². The van der Waals surface area contributed by atoms with Gasteiger partial charge in [-0.1, -0.05) is 18.2 Å². The zero-order valence-corrected chi connectivity index (χ0v) is 17.0. The lowest BCUT2D eigenvalue weighted by atomic mass is 10.1. The Morgan fingerprint density at radius 1 is 1.04 bits per heavy atom. The Morgan fingerprint density at radius 2 is 1.63 bits per heavy atom. The first kappa shape index (κ1) is 20.9. The topological polar surface area (TPSA) is 66.5 Å². The van der Waals surface area contributed by atoms with Crippen molar-refractivity contribution in [1.82, 2.24) is 5.32 Å². The van der Waals surface area contributed by atoms with E-state index in [1.165, 1.54) is 12.1 Å². The summed E-state index contributed by atoms with van der Waals surface area (Å²) in [6, 6.07) is 9.75. The Labute approximate surface area is 160 Å². The van der Waals surface area contributed by atoms with Crippen LogP contribution in [0.15, 0.2) is 42.5 Å². The van der Waals surface area contributed by atoms with Crippen molar-refractivity contribution in [2.75, 3.05) is 10.6 Å². The number of rotatable bonds is 6. The van der Waals surface area contributed by atoms with Gasteiger partial charge in [0.15, 0.2) is 0 Å². The molecule has 0 heterocycles. The molecule has 7 heteroatoms. The number of nitrogens with zero attached hydrogens (tertiary/aromatic N) is 1. The number of sulfonamides is 1. The molecule has 0 aromatic heterocycles. The number of nitrogens with one attached hydrogen (secondary N) is 1. The molecule has 0 saturated heterocycles. The summed E-state index contributed by atoms with van der Waals surface area (Å²) in [5.74, 6) is -0.792. The summed E-state index contributed by atoms with van der Waals surface area (Å²) >= 11 is 0.